The van der Waals surface area contributed by atoms with Crippen LogP contribution in [0.3, 0.4) is 0 Å². The first kappa shape index (κ1) is 31.4. The van der Waals surface area contributed by atoms with Gasteiger partial charge in [-0.1, -0.05) is 109 Å². The lowest BCUT2D eigenvalue weighted by molar-refractivity contribution is 0.295. The first-order valence-electron chi connectivity index (χ1n) is 15.8. The number of allylic oxidation sites excluding steroid dienone is 6. The van der Waals surface area contributed by atoms with E-state index in [1.165, 1.54) is 48.8 Å². The van der Waals surface area contributed by atoms with Crippen LogP contribution in [-0.4, -0.2) is 0 Å². The minimum Gasteiger partial charge on any atom is -0.489 e. The Balaban J connectivity index is 1.35. The van der Waals surface area contributed by atoms with Crippen LogP contribution in [0.2, 0.25) is 0 Å². The zero-order valence-electron chi connectivity index (χ0n) is 26.5. The lowest BCUT2D eigenvalue weighted by Gasteiger charge is -2.35. The van der Waals surface area contributed by atoms with Gasteiger partial charge in [0.2, 0.25) is 0 Å². The molecule has 3 aromatic carbocycles. The maximum absolute atomic E-state index is 6.29. The largest absolute Gasteiger partial charge is 0.489 e. The number of benzene rings is 3. The molecule has 0 fully saturated rings. The second-order valence-corrected chi connectivity index (χ2v) is 12.7. The van der Waals surface area contributed by atoms with Gasteiger partial charge in [-0.3, -0.25) is 0 Å². The summed E-state index contributed by atoms with van der Waals surface area (Å²) >= 11 is 0. The van der Waals surface area contributed by atoms with Crippen molar-refractivity contribution in [1.29, 1.82) is 0 Å². The van der Waals surface area contributed by atoms with E-state index < -0.39 is 0 Å². The van der Waals surface area contributed by atoms with Crippen molar-refractivity contribution in [3.05, 3.63) is 130 Å². The molecular formula is C40H50O2. The number of rotatable bonds is 14. The Bertz CT molecular complexity index is 1360. The molecule has 0 N–H and O–H groups in total. The Morgan fingerprint density at radius 3 is 2.10 bits per heavy atom. The van der Waals surface area contributed by atoms with Gasteiger partial charge < -0.3 is 9.47 Å². The van der Waals surface area contributed by atoms with Crippen molar-refractivity contribution in [3.8, 4) is 11.5 Å². The van der Waals surface area contributed by atoms with Gasteiger partial charge in [0, 0.05) is 5.56 Å². The Hall–Kier alpha value is -3.52. The molecule has 2 heteroatoms. The van der Waals surface area contributed by atoms with Gasteiger partial charge in [0.05, 0.1) is 0 Å². The molecule has 0 aliphatic heterocycles. The van der Waals surface area contributed by atoms with E-state index >= 15 is 0 Å². The quantitative estimate of drug-likeness (QED) is 0.182. The van der Waals surface area contributed by atoms with E-state index in [0.29, 0.717) is 18.6 Å². The SMILES string of the molecule is CC1=C(CC/C(C)=C\CC/C(C)=C/Cc2cc(OCc3ccccc3)ccc2OCc2ccccc2)C(C)(C)CCC1. The summed E-state index contributed by atoms with van der Waals surface area (Å²) in [5, 5.41) is 0. The molecule has 1 aliphatic carbocycles. The maximum atomic E-state index is 6.29. The molecule has 2 nitrogen and oxygen atoms in total. The standard InChI is InChI=1S/C40H50O2/c1-31(14-12-15-32(2)22-25-38-33(3)16-13-27-40(38,4)5)21-23-36-28-37(41-29-34-17-8-6-9-18-34)24-26-39(36)42-30-35-19-10-7-11-20-35/h6-11,15,17-21,24,26,28H,12-14,16,22-23,25,27,29-30H2,1-5H3/b31-21+,32-15-. The Morgan fingerprint density at radius 1 is 0.786 bits per heavy atom. The number of hydrogen-bond acceptors (Lipinski definition) is 2. The predicted molar refractivity (Wildman–Crippen MR) is 178 cm³/mol. The fourth-order valence-corrected chi connectivity index (χ4v) is 6.01. The van der Waals surface area contributed by atoms with Crippen LogP contribution in [0.1, 0.15) is 96.3 Å². The van der Waals surface area contributed by atoms with Crippen molar-refractivity contribution in [1.82, 2.24) is 0 Å². The monoisotopic (exact) mass is 562 g/mol. The van der Waals surface area contributed by atoms with Crippen molar-refractivity contribution in [2.24, 2.45) is 5.41 Å². The van der Waals surface area contributed by atoms with Crippen molar-refractivity contribution >= 4 is 0 Å². The van der Waals surface area contributed by atoms with Gasteiger partial charge in [0.1, 0.15) is 24.7 Å². The molecule has 0 radical (unpaired) electrons. The molecule has 0 saturated heterocycles. The predicted octanol–water partition coefficient (Wildman–Crippen LogP) is 11.4. The number of ether oxygens (including phenoxy) is 2. The van der Waals surface area contributed by atoms with Crippen LogP contribution in [0.5, 0.6) is 11.5 Å². The molecule has 0 unspecified atom stereocenters. The van der Waals surface area contributed by atoms with E-state index in [2.05, 4.69) is 95.3 Å². The normalized spacial score (nSPS) is 15.5. The summed E-state index contributed by atoms with van der Waals surface area (Å²) in [5.74, 6) is 1.79. The summed E-state index contributed by atoms with van der Waals surface area (Å²) in [6, 6.07) is 26.9. The zero-order valence-corrected chi connectivity index (χ0v) is 26.5. The fourth-order valence-electron chi connectivity index (χ4n) is 6.01. The molecule has 0 saturated carbocycles. The van der Waals surface area contributed by atoms with Crippen LogP contribution in [-0.2, 0) is 19.6 Å². The van der Waals surface area contributed by atoms with Crippen LogP contribution in [0.25, 0.3) is 0 Å². The second kappa shape index (κ2) is 15.6. The highest BCUT2D eigenvalue weighted by Crippen LogP contribution is 2.42. The van der Waals surface area contributed by atoms with Gasteiger partial charge in [-0.15, -0.1) is 0 Å². The molecule has 222 valence electrons. The highest BCUT2D eigenvalue weighted by atomic mass is 16.5. The van der Waals surface area contributed by atoms with E-state index in [4.69, 9.17) is 9.47 Å². The Labute approximate surface area is 255 Å². The average Bonchev–Trinajstić information content (AvgIpc) is 2.99. The third kappa shape index (κ3) is 9.79. The van der Waals surface area contributed by atoms with Crippen molar-refractivity contribution in [3.63, 3.8) is 0 Å². The summed E-state index contributed by atoms with van der Waals surface area (Å²) in [7, 11) is 0. The number of hydrogen-bond donors (Lipinski definition) is 0. The summed E-state index contributed by atoms with van der Waals surface area (Å²) in [4.78, 5) is 0. The van der Waals surface area contributed by atoms with E-state index in [1.807, 2.05) is 30.3 Å². The van der Waals surface area contributed by atoms with Crippen LogP contribution in [0.4, 0.5) is 0 Å². The van der Waals surface area contributed by atoms with E-state index in [9.17, 15) is 0 Å². The molecule has 0 amide bonds. The highest BCUT2D eigenvalue weighted by Gasteiger charge is 2.27. The third-order valence-corrected chi connectivity index (χ3v) is 8.67. The minimum absolute atomic E-state index is 0.371. The molecule has 0 bridgehead atoms. The average molecular weight is 563 g/mol. The van der Waals surface area contributed by atoms with Gasteiger partial charge in [0.15, 0.2) is 0 Å². The van der Waals surface area contributed by atoms with Crippen LogP contribution < -0.4 is 9.47 Å². The van der Waals surface area contributed by atoms with Gasteiger partial charge in [0.25, 0.3) is 0 Å². The first-order valence-corrected chi connectivity index (χ1v) is 15.8. The summed E-state index contributed by atoms with van der Waals surface area (Å²) in [6.07, 6.45) is 14.1. The van der Waals surface area contributed by atoms with Crippen LogP contribution >= 0.6 is 0 Å². The van der Waals surface area contributed by atoms with Gasteiger partial charge in [-0.2, -0.15) is 0 Å². The summed E-state index contributed by atoms with van der Waals surface area (Å²) in [6.45, 7) is 12.9. The van der Waals surface area contributed by atoms with Crippen LogP contribution in [0, 0.1) is 5.41 Å². The summed E-state index contributed by atoms with van der Waals surface area (Å²) < 4.78 is 12.4. The maximum Gasteiger partial charge on any atom is 0.123 e. The van der Waals surface area contributed by atoms with E-state index in [-0.39, 0.29) is 0 Å². The molecule has 0 atom stereocenters. The molecule has 1 aliphatic rings. The lowest BCUT2D eigenvalue weighted by Crippen LogP contribution is -2.20. The van der Waals surface area contributed by atoms with Gasteiger partial charge in [-0.05, 0) is 107 Å². The van der Waals surface area contributed by atoms with Crippen LogP contribution in [0.15, 0.2) is 113 Å². The van der Waals surface area contributed by atoms with E-state index in [1.54, 1.807) is 11.1 Å². The smallest absolute Gasteiger partial charge is 0.123 e. The minimum atomic E-state index is 0.371. The lowest BCUT2D eigenvalue weighted by atomic mass is 9.71. The molecule has 0 spiro atoms. The third-order valence-electron chi connectivity index (χ3n) is 8.67. The first-order chi connectivity index (χ1) is 20.3. The Morgan fingerprint density at radius 2 is 1.43 bits per heavy atom. The second-order valence-electron chi connectivity index (χ2n) is 12.7. The fraction of sp³-hybridized carbons (Fsp3) is 0.400. The molecule has 42 heavy (non-hydrogen) atoms. The molecule has 4 rings (SSSR count). The van der Waals surface area contributed by atoms with Crippen molar-refractivity contribution < 1.29 is 9.47 Å². The van der Waals surface area contributed by atoms with E-state index in [0.717, 1.165) is 41.9 Å². The van der Waals surface area contributed by atoms with Crippen molar-refractivity contribution in [2.75, 3.05) is 0 Å². The zero-order chi connectivity index (χ0) is 29.8. The topological polar surface area (TPSA) is 18.5 Å². The molecule has 0 aromatic heterocycles. The summed E-state index contributed by atoms with van der Waals surface area (Å²) in [5.41, 5.74) is 10.1. The molecular weight excluding hydrogens is 512 g/mol. The highest BCUT2D eigenvalue weighted by molar-refractivity contribution is 5.42. The Kier molecular flexibility index (Phi) is 11.7. The molecule has 0 heterocycles. The van der Waals surface area contributed by atoms with Crippen molar-refractivity contribution in [2.45, 2.75) is 99.2 Å². The van der Waals surface area contributed by atoms with Gasteiger partial charge >= 0.3 is 0 Å². The molecule has 3 aromatic rings. The van der Waals surface area contributed by atoms with Gasteiger partial charge in [-0.25, -0.2) is 0 Å².